The summed E-state index contributed by atoms with van der Waals surface area (Å²) in [5.74, 6) is 0. The van der Waals surface area contributed by atoms with Crippen molar-refractivity contribution < 1.29 is 19.6 Å². The monoisotopic (exact) mass is 280 g/mol. The summed E-state index contributed by atoms with van der Waals surface area (Å²) in [7, 11) is 0. The van der Waals surface area contributed by atoms with Gasteiger partial charge in [-0.05, 0) is 12.5 Å². The Bertz CT molecular complexity index is 364. The highest BCUT2D eigenvalue weighted by Gasteiger charge is 2.23. The SMILES string of the molecule is CC[NH+]1CC[NH+](CC(O)COCc2ccccc2)CC1. The van der Waals surface area contributed by atoms with Gasteiger partial charge in [-0.2, -0.15) is 0 Å². The first-order valence-electron chi connectivity index (χ1n) is 7.74. The van der Waals surface area contributed by atoms with Crippen LogP contribution < -0.4 is 9.80 Å². The van der Waals surface area contributed by atoms with E-state index in [9.17, 15) is 5.11 Å². The molecule has 0 bridgehead atoms. The zero-order valence-corrected chi connectivity index (χ0v) is 12.5. The quantitative estimate of drug-likeness (QED) is 0.561. The van der Waals surface area contributed by atoms with Crippen LogP contribution in [0.2, 0.25) is 0 Å². The van der Waals surface area contributed by atoms with E-state index in [1.165, 1.54) is 37.6 Å². The lowest BCUT2D eigenvalue weighted by molar-refractivity contribution is -1.01. The van der Waals surface area contributed by atoms with Gasteiger partial charge < -0.3 is 19.6 Å². The fourth-order valence-corrected chi connectivity index (χ4v) is 2.79. The molecule has 1 atom stereocenters. The van der Waals surface area contributed by atoms with Crippen LogP contribution in [0.1, 0.15) is 12.5 Å². The van der Waals surface area contributed by atoms with Gasteiger partial charge in [0, 0.05) is 0 Å². The molecule has 112 valence electrons. The smallest absolute Gasteiger partial charge is 0.127 e. The Morgan fingerprint density at radius 3 is 2.40 bits per heavy atom. The molecular formula is C16H28N2O2+2. The van der Waals surface area contributed by atoms with Crippen molar-refractivity contribution in [3.8, 4) is 0 Å². The molecule has 0 aliphatic carbocycles. The Labute approximate surface area is 122 Å². The molecule has 1 unspecified atom stereocenters. The molecule has 20 heavy (non-hydrogen) atoms. The summed E-state index contributed by atoms with van der Waals surface area (Å²) in [6.07, 6.45) is -0.350. The summed E-state index contributed by atoms with van der Waals surface area (Å²) in [4.78, 5) is 3.20. The predicted octanol–water partition coefficient (Wildman–Crippen LogP) is -1.63. The van der Waals surface area contributed by atoms with Gasteiger partial charge in [0.2, 0.25) is 0 Å². The molecule has 1 aliphatic heterocycles. The second-order valence-electron chi connectivity index (χ2n) is 5.71. The van der Waals surface area contributed by atoms with Gasteiger partial charge in [0.05, 0.1) is 19.8 Å². The molecule has 4 heteroatoms. The minimum absolute atomic E-state index is 0.350. The van der Waals surface area contributed by atoms with Crippen LogP contribution in [0.5, 0.6) is 0 Å². The van der Waals surface area contributed by atoms with Crippen molar-refractivity contribution in [2.24, 2.45) is 0 Å². The second kappa shape index (κ2) is 8.37. The van der Waals surface area contributed by atoms with Crippen LogP contribution in [-0.2, 0) is 11.3 Å². The molecule has 1 aromatic carbocycles. The number of ether oxygens (including phenoxy) is 1. The number of nitrogens with one attached hydrogen (secondary N) is 2. The maximum atomic E-state index is 10.0. The fraction of sp³-hybridized carbons (Fsp3) is 0.625. The number of likely N-dealkylation sites (N-methyl/N-ethyl adjacent to an activating group) is 1. The van der Waals surface area contributed by atoms with E-state index in [1.807, 2.05) is 30.3 Å². The molecule has 1 heterocycles. The summed E-state index contributed by atoms with van der Waals surface area (Å²) in [5, 5.41) is 10.0. The average Bonchev–Trinajstić information content (AvgIpc) is 2.49. The van der Waals surface area contributed by atoms with E-state index in [1.54, 1.807) is 4.90 Å². The fourth-order valence-electron chi connectivity index (χ4n) is 2.79. The second-order valence-corrected chi connectivity index (χ2v) is 5.71. The number of quaternary nitrogens is 2. The van der Waals surface area contributed by atoms with Gasteiger partial charge in [0.15, 0.2) is 0 Å². The third kappa shape index (κ3) is 5.21. The zero-order valence-electron chi connectivity index (χ0n) is 12.5. The maximum absolute atomic E-state index is 10.0. The molecule has 0 radical (unpaired) electrons. The Balaban J connectivity index is 1.60. The molecule has 0 amide bonds. The van der Waals surface area contributed by atoms with Crippen molar-refractivity contribution in [3.63, 3.8) is 0 Å². The summed E-state index contributed by atoms with van der Waals surface area (Å²) in [6, 6.07) is 10.1. The first-order valence-corrected chi connectivity index (χ1v) is 7.74. The molecule has 0 aromatic heterocycles. The van der Waals surface area contributed by atoms with Gasteiger partial charge in [-0.1, -0.05) is 30.3 Å². The lowest BCUT2D eigenvalue weighted by Crippen LogP contribution is -3.28. The Morgan fingerprint density at radius 2 is 1.75 bits per heavy atom. The highest BCUT2D eigenvalue weighted by Crippen LogP contribution is 2.00. The maximum Gasteiger partial charge on any atom is 0.127 e. The van der Waals surface area contributed by atoms with Crippen LogP contribution in [0.25, 0.3) is 0 Å². The highest BCUT2D eigenvalue weighted by atomic mass is 16.5. The van der Waals surface area contributed by atoms with Gasteiger partial charge in [-0.3, -0.25) is 0 Å². The molecule has 0 spiro atoms. The van der Waals surface area contributed by atoms with E-state index in [4.69, 9.17) is 4.74 Å². The summed E-state index contributed by atoms with van der Waals surface area (Å²) in [6.45, 7) is 10.1. The number of piperazine rings is 1. The molecule has 2 rings (SSSR count). The van der Waals surface area contributed by atoms with Crippen molar-refractivity contribution in [1.82, 2.24) is 0 Å². The van der Waals surface area contributed by atoms with Gasteiger partial charge in [-0.15, -0.1) is 0 Å². The van der Waals surface area contributed by atoms with Crippen LogP contribution >= 0.6 is 0 Å². The first-order chi connectivity index (χ1) is 9.78. The van der Waals surface area contributed by atoms with E-state index in [2.05, 4.69) is 6.92 Å². The van der Waals surface area contributed by atoms with Crippen LogP contribution in [0.4, 0.5) is 0 Å². The molecule has 1 saturated heterocycles. The largest absolute Gasteiger partial charge is 0.385 e. The van der Waals surface area contributed by atoms with Crippen molar-refractivity contribution in [3.05, 3.63) is 35.9 Å². The number of aliphatic hydroxyl groups excluding tert-OH is 1. The predicted molar refractivity (Wildman–Crippen MR) is 78.9 cm³/mol. The van der Waals surface area contributed by atoms with Gasteiger partial charge in [0.25, 0.3) is 0 Å². The summed E-state index contributed by atoms with van der Waals surface area (Å²) < 4.78 is 5.60. The van der Waals surface area contributed by atoms with Gasteiger partial charge in [0.1, 0.15) is 38.8 Å². The van der Waals surface area contributed by atoms with Crippen molar-refractivity contribution in [2.45, 2.75) is 19.6 Å². The Hall–Kier alpha value is -0.940. The molecule has 0 saturated carbocycles. The Morgan fingerprint density at radius 1 is 1.10 bits per heavy atom. The lowest BCUT2D eigenvalue weighted by Gasteiger charge is -2.30. The van der Waals surface area contributed by atoms with Gasteiger partial charge in [-0.25, -0.2) is 0 Å². The number of aliphatic hydroxyl groups is 1. The topological polar surface area (TPSA) is 38.3 Å². The van der Waals surface area contributed by atoms with Crippen molar-refractivity contribution in [1.29, 1.82) is 0 Å². The third-order valence-electron chi connectivity index (χ3n) is 4.11. The molecule has 1 fully saturated rings. The minimum atomic E-state index is -0.350. The molecular weight excluding hydrogens is 252 g/mol. The van der Waals surface area contributed by atoms with Crippen LogP contribution in [0, 0.1) is 0 Å². The molecule has 1 aromatic rings. The number of hydrogen-bond acceptors (Lipinski definition) is 2. The van der Waals surface area contributed by atoms with Crippen molar-refractivity contribution in [2.75, 3.05) is 45.9 Å². The zero-order chi connectivity index (χ0) is 14.2. The lowest BCUT2D eigenvalue weighted by atomic mass is 10.2. The van der Waals surface area contributed by atoms with E-state index in [-0.39, 0.29) is 6.10 Å². The normalized spacial score (nSPS) is 24.5. The summed E-state index contributed by atoms with van der Waals surface area (Å²) in [5.41, 5.74) is 1.16. The standard InChI is InChI=1S/C16H26N2O2/c1-2-17-8-10-18(11-9-17)12-16(19)14-20-13-15-6-4-3-5-7-15/h3-7,16,19H,2,8-14H2,1H3/p+2. The molecule has 4 nitrogen and oxygen atoms in total. The van der Waals surface area contributed by atoms with Crippen LogP contribution in [-0.4, -0.2) is 57.1 Å². The van der Waals surface area contributed by atoms with E-state index in [0.29, 0.717) is 13.2 Å². The number of hydrogen-bond donors (Lipinski definition) is 3. The molecule has 3 N–H and O–H groups in total. The Kier molecular flexibility index (Phi) is 6.47. The average molecular weight is 280 g/mol. The number of benzene rings is 1. The van der Waals surface area contributed by atoms with E-state index >= 15 is 0 Å². The number of rotatable bonds is 7. The highest BCUT2D eigenvalue weighted by molar-refractivity contribution is 5.13. The van der Waals surface area contributed by atoms with E-state index < -0.39 is 0 Å². The van der Waals surface area contributed by atoms with E-state index in [0.717, 1.165) is 12.1 Å². The minimum Gasteiger partial charge on any atom is -0.385 e. The van der Waals surface area contributed by atoms with Crippen LogP contribution in [0.15, 0.2) is 30.3 Å². The van der Waals surface area contributed by atoms with Crippen LogP contribution in [0.3, 0.4) is 0 Å². The van der Waals surface area contributed by atoms with Gasteiger partial charge >= 0.3 is 0 Å². The first kappa shape index (κ1) is 15.4. The molecule has 1 aliphatic rings. The van der Waals surface area contributed by atoms with Crippen molar-refractivity contribution >= 4 is 0 Å². The summed E-state index contributed by atoms with van der Waals surface area (Å²) >= 11 is 0. The third-order valence-corrected chi connectivity index (χ3v) is 4.11.